The third-order valence-electron chi connectivity index (χ3n) is 4.18. The van der Waals surface area contributed by atoms with Crippen molar-refractivity contribution in [2.75, 3.05) is 38.3 Å². The predicted octanol–water partition coefficient (Wildman–Crippen LogP) is 2.26. The average molecular weight is 353 g/mol. The largest absolute Gasteiger partial charge is 0.496 e. The Kier molecular flexibility index (Phi) is 6.22. The standard InChI is InChI=1S/C20H23N3O3/c1-25-18-7-3-2-5-16(18)8-9-19(24)22-15-17-6-4-10-21-20(17)23-11-13-26-14-12-23/h2-10H,11-15H2,1H3,(H,22,24)/b9-8+. The van der Waals surface area contributed by atoms with E-state index in [4.69, 9.17) is 9.47 Å². The highest BCUT2D eigenvalue weighted by Crippen LogP contribution is 2.19. The molecule has 1 amide bonds. The third-order valence-corrected chi connectivity index (χ3v) is 4.18. The number of aromatic nitrogens is 1. The number of hydrogen-bond donors (Lipinski definition) is 1. The molecular formula is C20H23N3O3. The van der Waals surface area contributed by atoms with Gasteiger partial charge in [-0.1, -0.05) is 24.3 Å². The summed E-state index contributed by atoms with van der Waals surface area (Å²) in [4.78, 5) is 18.9. The molecule has 1 saturated heterocycles. The van der Waals surface area contributed by atoms with Crippen LogP contribution >= 0.6 is 0 Å². The Morgan fingerprint density at radius 3 is 2.88 bits per heavy atom. The fourth-order valence-corrected chi connectivity index (χ4v) is 2.84. The molecule has 26 heavy (non-hydrogen) atoms. The molecule has 6 nitrogen and oxygen atoms in total. The van der Waals surface area contributed by atoms with Gasteiger partial charge in [-0.2, -0.15) is 0 Å². The van der Waals surface area contributed by atoms with Crippen LogP contribution in [0.25, 0.3) is 6.08 Å². The van der Waals surface area contributed by atoms with Crippen molar-refractivity contribution in [3.63, 3.8) is 0 Å². The molecular weight excluding hydrogens is 330 g/mol. The molecule has 0 saturated carbocycles. The van der Waals surface area contributed by atoms with E-state index in [1.165, 1.54) is 6.08 Å². The first-order valence-electron chi connectivity index (χ1n) is 8.63. The lowest BCUT2D eigenvalue weighted by atomic mass is 10.2. The number of carbonyl (C=O) groups is 1. The lowest BCUT2D eigenvalue weighted by molar-refractivity contribution is -0.116. The van der Waals surface area contributed by atoms with Crippen LogP contribution in [0.2, 0.25) is 0 Å². The minimum Gasteiger partial charge on any atom is -0.496 e. The molecule has 1 aliphatic heterocycles. The zero-order valence-electron chi connectivity index (χ0n) is 14.9. The van der Waals surface area contributed by atoms with Crippen LogP contribution in [0.15, 0.2) is 48.7 Å². The van der Waals surface area contributed by atoms with Crippen molar-refractivity contribution in [1.29, 1.82) is 0 Å². The summed E-state index contributed by atoms with van der Waals surface area (Å²) < 4.78 is 10.7. The highest BCUT2D eigenvalue weighted by Gasteiger charge is 2.15. The molecule has 0 radical (unpaired) electrons. The van der Waals surface area contributed by atoms with Gasteiger partial charge in [0.1, 0.15) is 11.6 Å². The molecule has 1 aromatic heterocycles. The third kappa shape index (κ3) is 4.61. The fourth-order valence-electron chi connectivity index (χ4n) is 2.84. The van der Waals surface area contributed by atoms with Crippen LogP contribution in [0, 0.1) is 0 Å². The van der Waals surface area contributed by atoms with Crippen LogP contribution in [0.4, 0.5) is 5.82 Å². The Balaban J connectivity index is 1.62. The van der Waals surface area contributed by atoms with E-state index in [1.54, 1.807) is 19.4 Å². The summed E-state index contributed by atoms with van der Waals surface area (Å²) in [5.74, 6) is 1.48. The number of pyridine rings is 1. The first-order valence-corrected chi connectivity index (χ1v) is 8.63. The van der Waals surface area contributed by atoms with Crippen molar-refractivity contribution in [1.82, 2.24) is 10.3 Å². The van der Waals surface area contributed by atoms with Gasteiger partial charge in [0.2, 0.25) is 5.91 Å². The predicted molar refractivity (Wildman–Crippen MR) is 101 cm³/mol. The van der Waals surface area contributed by atoms with Crippen LogP contribution in [0.1, 0.15) is 11.1 Å². The second-order valence-electron chi connectivity index (χ2n) is 5.88. The van der Waals surface area contributed by atoms with Gasteiger partial charge in [-0.25, -0.2) is 4.98 Å². The summed E-state index contributed by atoms with van der Waals surface area (Å²) >= 11 is 0. The maximum atomic E-state index is 12.2. The summed E-state index contributed by atoms with van der Waals surface area (Å²) in [7, 11) is 1.61. The highest BCUT2D eigenvalue weighted by atomic mass is 16.5. The van der Waals surface area contributed by atoms with Gasteiger partial charge in [-0.15, -0.1) is 0 Å². The molecule has 0 bridgehead atoms. The lowest BCUT2D eigenvalue weighted by Gasteiger charge is -2.29. The first kappa shape index (κ1) is 17.9. The number of para-hydroxylation sites is 1. The maximum Gasteiger partial charge on any atom is 0.244 e. The monoisotopic (exact) mass is 353 g/mol. The van der Waals surface area contributed by atoms with Gasteiger partial charge in [0.25, 0.3) is 0 Å². The quantitative estimate of drug-likeness (QED) is 0.807. The SMILES string of the molecule is COc1ccccc1/C=C/C(=O)NCc1cccnc1N1CCOCC1. The molecule has 1 fully saturated rings. The zero-order chi connectivity index (χ0) is 18.2. The number of rotatable bonds is 6. The second kappa shape index (κ2) is 9.01. The molecule has 0 aliphatic carbocycles. The minimum absolute atomic E-state index is 0.160. The number of nitrogens with zero attached hydrogens (tertiary/aromatic N) is 2. The number of hydrogen-bond acceptors (Lipinski definition) is 5. The van der Waals surface area contributed by atoms with Gasteiger partial charge in [-0.3, -0.25) is 4.79 Å². The number of morpholine rings is 1. The molecule has 0 spiro atoms. The minimum atomic E-state index is -0.160. The summed E-state index contributed by atoms with van der Waals surface area (Å²) in [5, 5.41) is 2.92. The second-order valence-corrected chi connectivity index (χ2v) is 5.88. The number of anilines is 1. The molecule has 2 heterocycles. The van der Waals surface area contributed by atoms with Gasteiger partial charge in [-0.05, 0) is 18.2 Å². The fraction of sp³-hybridized carbons (Fsp3) is 0.300. The van der Waals surface area contributed by atoms with Crippen LogP contribution in [0.5, 0.6) is 5.75 Å². The maximum absolute atomic E-state index is 12.2. The summed E-state index contributed by atoms with van der Waals surface area (Å²) in [6.45, 7) is 3.45. The number of methoxy groups -OCH3 is 1. The van der Waals surface area contributed by atoms with Crippen molar-refractivity contribution in [2.24, 2.45) is 0 Å². The van der Waals surface area contributed by atoms with Crippen molar-refractivity contribution in [3.8, 4) is 5.75 Å². The Hall–Kier alpha value is -2.86. The van der Waals surface area contributed by atoms with E-state index in [0.29, 0.717) is 19.8 Å². The molecule has 1 N–H and O–H groups in total. The molecule has 1 aromatic carbocycles. The number of nitrogens with one attached hydrogen (secondary N) is 1. The number of benzene rings is 1. The van der Waals surface area contributed by atoms with E-state index in [0.717, 1.165) is 35.8 Å². The molecule has 0 atom stereocenters. The first-order chi connectivity index (χ1) is 12.8. The van der Waals surface area contributed by atoms with Crippen LogP contribution in [-0.2, 0) is 16.1 Å². The van der Waals surface area contributed by atoms with E-state index < -0.39 is 0 Å². The van der Waals surface area contributed by atoms with Gasteiger partial charge >= 0.3 is 0 Å². The summed E-state index contributed by atoms with van der Waals surface area (Å²) in [6, 6.07) is 11.4. The Morgan fingerprint density at radius 1 is 1.27 bits per heavy atom. The normalized spacial score (nSPS) is 14.4. The summed E-state index contributed by atoms with van der Waals surface area (Å²) in [6.07, 6.45) is 5.04. The van der Waals surface area contributed by atoms with Crippen LogP contribution in [-0.4, -0.2) is 44.3 Å². The van der Waals surface area contributed by atoms with Gasteiger partial charge < -0.3 is 19.7 Å². The van der Waals surface area contributed by atoms with E-state index in [1.807, 2.05) is 36.4 Å². The number of carbonyl (C=O) groups excluding carboxylic acids is 1. The van der Waals surface area contributed by atoms with Crippen molar-refractivity contribution >= 4 is 17.8 Å². The molecule has 6 heteroatoms. The summed E-state index contributed by atoms with van der Waals surface area (Å²) in [5.41, 5.74) is 1.86. The molecule has 136 valence electrons. The zero-order valence-corrected chi connectivity index (χ0v) is 14.9. The van der Waals surface area contributed by atoms with Crippen molar-refractivity contribution in [2.45, 2.75) is 6.54 Å². The molecule has 0 unspecified atom stereocenters. The van der Waals surface area contributed by atoms with E-state index in [2.05, 4.69) is 15.2 Å². The topological polar surface area (TPSA) is 63.7 Å². The van der Waals surface area contributed by atoms with Crippen molar-refractivity contribution < 1.29 is 14.3 Å². The molecule has 2 aromatic rings. The average Bonchev–Trinajstić information content (AvgIpc) is 2.71. The number of amides is 1. The Labute approximate surface area is 153 Å². The smallest absolute Gasteiger partial charge is 0.244 e. The van der Waals surface area contributed by atoms with E-state index >= 15 is 0 Å². The Bertz CT molecular complexity index is 770. The van der Waals surface area contributed by atoms with Gasteiger partial charge in [0.15, 0.2) is 0 Å². The van der Waals surface area contributed by atoms with Crippen LogP contribution < -0.4 is 15.0 Å². The van der Waals surface area contributed by atoms with E-state index in [-0.39, 0.29) is 5.91 Å². The number of ether oxygens (including phenoxy) is 2. The van der Waals surface area contributed by atoms with E-state index in [9.17, 15) is 4.79 Å². The van der Waals surface area contributed by atoms with Gasteiger partial charge in [0, 0.05) is 43.0 Å². The van der Waals surface area contributed by atoms with Gasteiger partial charge in [0.05, 0.1) is 20.3 Å². The highest BCUT2D eigenvalue weighted by molar-refractivity contribution is 5.92. The molecule has 3 rings (SSSR count). The van der Waals surface area contributed by atoms with Crippen LogP contribution in [0.3, 0.4) is 0 Å². The van der Waals surface area contributed by atoms with Crippen molar-refractivity contribution in [3.05, 3.63) is 59.8 Å². The molecule has 1 aliphatic rings. The Morgan fingerprint density at radius 2 is 2.08 bits per heavy atom. The lowest BCUT2D eigenvalue weighted by Crippen LogP contribution is -2.37.